The maximum atomic E-state index is 15.0. The van der Waals surface area contributed by atoms with Gasteiger partial charge in [-0.2, -0.15) is 0 Å². The molecular weight excluding hydrogens is 493 g/mol. The van der Waals surface area contributed by atoms with E-state index in [0.29, 0.717) is 76.5 Å². The first-order valence-corrected chi connectivity index (χ1v) is 13.3. The maximum Gasteiger partial charge on any atom is 0.410 e. The molecule has 0 radical (unpaired) electrons. The van der Waals surface area contributed by atoms with Crippen LogP contribution in [0.4, 0.5) is 20.6 Å². The van der Waals surface area contributed by atoms with E-state index in [4.69, 9.17) is 4.74 Å². The Hall–Kier alpha value is -2.92. The van der Waals surface area contributed by atoms with Crippen molar-refractivity contribution in [2.24, 2.45) is 0 Å². The molecule has 2 fully saturated rings. The van der Waals surface area contributed by atoms with Crippen molar-refractivity contribution in [2.45, 2.75) is 63.7 Å². The van der Waals surface area contributed by atoms with Crippen LogP contribution < -0.4 is 15.5 Å². The van der Waals surface area contributed by atoms with Gasteiger partial charge in [-0.15, -0.1) is 0 Å². The smallest absolute Gasteiger partial charge is 0.410 e. The highest BCUT2D eigenvalue weighted by atomic mass is 19.1. The van der Waals surface area contributed by atoms with Crippen LogP contribution in [-0.2, 0) is 14.3 Å². The molecule has 0 aromatic heterocycles. The number of hydrogen-bond acceptors (Lipinski definition) is 8. The fourth-order valence-corrected chi connectivity index (χ4v) is 4.81. The van der Waals surface area contributed by atoms with Crippen molar-refractivity contribution < 1.29 is 28.6 Å². The van der Waals surface area contributed by atoms with Gasteiger partial charge in [-0.25, -0.2) is 9.18 Å². The van der Waals surface area contributed by atoms with E-state index < -0.39 is 17.2 Å². The Morgan fingerprint density at radius 2 is 1.82 bits per heavy atom. The molecule has 1 unspecified atom stereocenters. The highest BCUT2D eigenvalue weighted by Crippen LogP contribution is 2.28. The number of amides is 2. The quantitative estimate of drug-likeness (QED) is 0.413. The average Bonchev–Trinajstić information content (AvgIpc) is 2.86. The number of ether oxygens (including phenoxy) is 1. The molecule has 10 nitrogen and oxygen atoms in total. The van der Waals surface area contributed by atoms with Gasteiger partial charge in [0.1, 0.15) is 17.7 Å². The van der Waals surface area contributed by atoms with Crippen molar-refractivity contribution in [3.63, 3.8) is 0 Å². The van der Waals surface area contributed by atoms with Crippen LogP contribution in [0.2, 0.25) is 0 Å². The first kappa shape index (κ1) is 29.6. The molecule has 0 spiro atoms. The summed E-state index contributed by atoms with van der Waals surface area (Å²) in [6.45, 7) is 9.53. The number of carbonyl (C=O) groups excluding carboxylic acids is 3. The summed E-state index contributed by atoms with van der Waals surface area (Å²) < 4.78 is 20.4. The predicted molar refractivity (Wildman–Crippen MR) is 144 cm³/mol. The highest BCUT2D eigenvalue weighted by molar-refractivity contribution is 5.76. The van der Waals surface area contributed by atoms with Gasteiger partial charge >= 0.3 is 6.09 Å². The Morgan fingerprint density at radius 3 is 2.37 bits per heavy atom. The molecule has 2 heterocycles. The van der Waals surface area contributed by atoms with Gasteiger partial charge in [0.25, 0.3) is 0 Å². The summed E-state index contributed by atoms with van der Waals surface area (Å²) in [5.41, 5.74) is -0.440. The van der Waals surface area contributed by atoms with E-state index in [9.17, 15) is 23.9 Å². The number of piperidine rings is 1. The molecule has 0 saturated carbocycles. The van der Waals surface area contributed by atoms with Gasteiger partial charge in [0.15, 0.2) is 0 Å². The molecule has 38 heavy (non-hydrogen) atoms. The molecule has 0 aliphatic carbocycles. The number of carbonyl (C=O) groups is 3. The molecule has 212 valence electrons. The van der Waals surface area contributed by atoms with Crippen molar-refractivity contribution >= 4 is 29.7 Å². The minimum atomic E-state index is -0.869. The molecule has 0 bridgehead atoms. The number of aldehydes is 1. The lowest BCUT2D eigenvalue weighted by Crippen LogP contribution is -2.56. The lowest BCUT2D eigenvalue weighted by Gasteiger charge is -2.43. The number of hydrogen-bond donors (Lipinski definition) is 3. The second kappa shape index (κ2) is 12.8. The highest BCUT2D eigenvalue weighted by Gasteiger charge is 2.37. The molecule has 2 amide bonds. The minimum absolute atomic E-state index is 0.155. The van der Waals surface area contributed by atoms with Crippen LogP contribution in [0.5, 0.6) is 0 Å². The second-order valence-electron chi connectivity index (χ2n) is 11.2. The number of nitrogens with zero attached hydrogens (tertiary/aromatic N) is 3. The van der Waals surface area contributed by atoms with Gasteiger partial charge < -0.3 is 35.1 Å². The lowest BCUT2D eigenvalue weighted by atomic mass is 9.90. The minimum Gasteiger partial charge on any atom is -0.444 e. The zero-order valence-corrected chi connectivity index (χ0v) is 23.0. The number of piperazine rings is 1. The predicted octanol–water partition coefficient (Wildman–Crippen LogP) is 2.22. The lowest BCUT2D eigenvalue weighted by molar-refractivity contribution is -0.120. The van der Waals surface area contributed by atoms with Crippen molar-refractivity contribution in [3.8, 4) is 0 Å². The van der Waals surface area contributed by atoms with Gasteiger partial charge in [-0.3, -0.25) is 9.69 Å². The van der Waals surface area contributed by atoms with Crippen LogP contribution in [0.25, 0.3) is 0 Å². The molecule has 1 atom stereocenters. The number of likely N-dealkylation sites (tertiary alicyclic amines) is 1. The van der Waals surface area contributed by atoms with E-state index in [1.54, 1.807) is 24.1 Å². The van der Waals surface area contributed by atoms with Crippen LogP contribution in [-0.4, -0.2) is 103 Å². The monoisotopic (exact) mass is 535 g/mol. The van der Waals surface area contributed by atoms with Gasteiger partial charge in [-0.1, -0.05) is 0 Å². The Morgan fingerprint density at radius 1 is 1.16 bits per heavy atom. The Labute approximate surface area is 224 Å². The summed E-state index contributed by atoms with van der Waals surface area (Å²) in [6, 6.07) is 4.23. The number of nitrogens with one attached hydrogen (secondary N) is 2. The Balaban J connectivity index is 1.47. The van der Waals surface area contributed by atoms with Gasteiger partial charge in [-0.05, 0) is 58.2 Å². The molecule has 1 aromatic carbocycles. The summed E-state index contributed by atoms with van der Waals surface area (Å²) in [7, 11) is 1.54. The molecular formula is C27H42FN5O5. The SMILES string of the molecule is CNC(=O)CCC(C=O)Nc1ccc(N2CCN(CC3(O)CCN(C(=O)OC(C)(C)C)CC3)CC2)c(F)c1. The maximum absolute atomic E-state index is 15.0. The van der Waals surface area contributed by atoms with Crippen LogP contribution in [0.3, 0.4) is 0 Å². The number of β-amino-alcohol motifs (C(OH)–C–C–N with tert-alkyl or cyclic N) is 1. The van der Waals surface area contributed by atoms with E-state index in [0.717, 1.165) is 6.29 Å². The van der Waals surface area contributed by atoms with Crippen LogP contribution in [0.15, 0.2) is 18.2 Å². The summed E-state index contributed by atoms with van der Waals surface area (Å²) >= 11 is 0. The van der Waals surface area contributed by atoms with Crippen molar-refractivity contribution in [1.29, 1.82) is 0 Å². The fraction of sp³-hybridized carbons (Fsp3) is 0.667. The van der Waals surface area contributed by atoms with E-state index in [-0.39, 0.29) is 24.2 Å². The fourth-order valence-electron chi connectivity index (χ4n) is 4.81. The van der Waals surface area contributed by atoms with Crippen molar-refractivity contribution in [1.82, 2.24) is 15.1 Å². The number of rotatable bonds is 9. The zero-order chi connectivity index (χ0) is 27.9. The summed E-state index contributed by atoms with van der Waals surface area (Å²) in [5.74, 6) is -0.537. The van der Waals surface area contributed by atoms with Crippen molar-refractivity contribution in [3.05, 3.63) is 24.0 Å². The number of anilines is 2. The van der Waals surface area contributed by atoms with E-state index in [1.807, 2.05) is 25.7 Å². The normalized spacial score (nSPS) is 19.0. The molecule has 3 N–H and O–H groups in total. The third-order valence-electron chi connectivity index (χ3n) is 7.00. The van der Waals surface area contributed by atoms with Gasteiger partial charge in [0.05, 0.1) is 17.3 Å². The van der Waals surface area contributed by atoms with E-state index >= 15 is 0 Å². The second-order valence-corrected chi connectivity index (χ2v) is 11.2. The molecule has 2 aliphatic heterocycles. The molecule has 3 rings (SSSR count). The van der Waals surface area contributed by atoms with Crippen molar-refractivity contribution in [2.75, 3.05) is 63.1 Å². The molecule has 1 aromatic rings. The largest absolute Gasteiger partial charge is 0.444 e. The number of halogens is 1. The van der Waals surface area contributed by atoms with Crippen LogP contribution in [0.1, 0.15) is 46.5 Å². The third-order valence-corrected chi connectivity index (χ3v) is 7.00. The molecule has 11 heteroatoms. The van der Waals surface area contributed by atoms with Crippen LogP contribution >= 0.6 is 0 Å². The topological polar surface area (TPSA) is 114 Å². The number of benzene rings is 1. The van der Waals surface area contributed by atoms with Crippen LogP contribution in [0, 0.1) is 5.82 Å². The summed E-state index contributed by atoms with van der Waals surface area (Å²) in [5, 5.41) is 16.6. The van der Waals surface area contributed by atoms with E-state index in [2.05, 4.69) is 15.5 Å². The average molecular weight is 536 g/mol. The number of aliphatic hydroxyl groups is 1. The summed E-state index contributed by atoms with van der Waals surface area (Å²) in [6.07, 6.45) is 1.88. The standard InChI is InChI=1S/C27H42FN5O5/c1-26(2,3)38-25(36)33-11-9-27(37,10-12-33)19-31-13-15-32(16-14-31)23-7-5-20(17-22(23)28)30-21(18-34)6-8-24(35)29-4/h5,7,17-18,21,30,37H,6,8-16,19H2,1-4H3,(H,29,35). The Kier molecular flexibility index (Phi) is 9.94. The zero-order valence-electron chi connectivity index (χ0n) is 23.0. The summed E-state index contributed by atoms with van der Waals surface area (Å²) in [4.78, 5) is 40.9. The molecule has 2 aliphatic rings. The first-order valence-electron chi connectivity index (χ1n) is 13.3. The van der Waals surface area contributed by atoms with Gasteiger partial charge in [0.2, 0.25) is 5.91 Å². The third kappa shape index (κ3) is 8.56. The first-order chi connectivity index (χ1) is 17.9. The van der Waals surface area contributed by atoms with E-state index in [1.165, 1.54) is 6.07 Å². The van der Waals surface area contributed by atoms with Gasteiger partial charge in [0, 0.05) is 65.0 Å². The Bertz CT molecular complexity index is 969. The molecule has 2 saturated heterocycles.